The minimum Gasteiger partial charge on any atom is -0.362 e. The normalized spacial score (nSPS) is 15.0. The Bertz CT molecular complexity index is 801. The van der Waals surface area contributed by atoms with Gasteiger partial charge in [0.2, 0.25) is 0 Å². The zero-order chi connectivity index (χ0) is 19.9. The number of aromatic nitrogens is 1. The number of thiocarbonyl (C=S) groups is 1. The molecule has 1 saturated heterocycles. The molecule has 4 N–H and O–H groups in total. The van der Waals surface area contributed by atoms with Crippen LogP contribution in [0.2, 0.25) is 0 Å². The summed E-state index contributed by atoms with van der Waals surface area (Å²) in [7, 11) is 0. The Morgan fingerprint density at radius 1 is 1.18 bits per heavy atom. The molecule has 2 aromatic rings. The first-order valence-corrected chi connectivity index (χ1v) is 10.6. The van der Waals surface area contributed by atoms with E-state index in [1.165, 1.54) is 5.56 Å². The lowest BCUT2D eigenvalue weighted by molar-refractivity contribution is 0.270. The number of pyridine rings is 1. The lowest BCUT2D eigenvalue weighted by Crippen LogP contribution is -2.46. The smallest absolute Gasteiger partial charge is 0.170 e. The second kappa shape index (κ2) is 10.0. The molecule has 0 atom stereocenters. The molecule has 6 nitrogen and oxygen atoms in total. The zero-order valence-corrected chi connectivity index (χ0v) is 17.8. The number of nitrogens with zero attached hydrogens (tertiary/aromatic N) is 3. The number of anilines is 2. The van der Waals surface area contributed by atoms with Crippen molar-refractivity contribution in [2.75, 3.05) is 56.0 Å². The molecule has 0 radical (unpaired) electrons. The van der Waals surface area contributed by atoms with Crippen molar-refractivity contribution in [2.45, 2.75) is 26.7 Å². The number of unbranched alkanes of at least 4 members (excludes halogenated alkanes) is 1. The molecule has 0 saturated carbocycles. The molecule has 0 spiro atoms. The van der Waals surface area contributed by atoms with Crippen LogP contribution in [0.25, 0.3) is 10.9 Å². The van der Waals surface area contributed by atoms with Gasteiger partial charge in [-0.15, -0.1) is 0 Å². The lowest BCUT2D eigenvalue weighted by atomic mass is 10.1. The van der Waals surface area contributed by atoms with Crippen LogP contribution in [0.15, 0.2) is 24.3 Å². The van der Waals surface area contributed by atoms with E-state index >= 15 is 0 Å². The average molecular weight is 401 g/mol. The number of likely N-dealkylation sites (N-methyl/N-ethyl adjacent to an activating group) is 1. The van der Waals surface area contributed by atoms with Gasteiger partial charge in [0, 0.05) is 43.8 Å². The zero-order valence-electron chi connectivity index (χ0n) is 17.0. The van der Waals surface area contributed by atoms with Gasteiger partial charge in [-0.2, -0.15) is 0 Å². The number of rotatable bonds is 7. The summed E-state index contributed by atoms with van der Waals surface area (Å²) in [5, 5.41) is 8.31. The number of hydrogen-bond acceptors (Lipinski definition) is 5. The standard InChI is InChI=1S/C21H32N6S/c1-3-26-10-12-27(13-11-26)20-14-16(2)18-15-17(6-7-19(18)25-20)24-21(28)23-9-5-4-8-22/h6-7,14-15H,3-5,8-13,22H2,1-2H3,(H2,23,24,28). The van der Waals surface area contributed by atoms with E-state index in [2.05, 4.69) is 52.5 Å². The topological polar surface area (TPSA) is 69.5 Å². The van der Waals surface area contributed by atoms with Gasteiger partial charge < -0.3 is 26.2 Å². The van der Waals surface area contributed by atoms with Crippen LogP contribution < -0.4 is 21.3 Å². The van der Waals surface area contributed by atoms with E-state index < -0.39 is 0 Å². The van der Waals surface area contributed by atoms with Crippen LogP contribution in [0.5, 0.6) is 0 Å². The van der Waals surface area contributed by atoms with Gasteiger partial charge in [-0.25, -0.2) is 4.98 Å². The number of nitrogens with two attached hydrogens (primary N) is 1. The largest absolute Gasteiger partial charge is 0.362 e. The highest BCUT2D eigenvalue weighted by Crippen LogP contribution is 2.26. The van der Waals surface area contributed by atoms with Gasteiger partial charge in [-0.1, -0.05) is 6.92 Å². The molecule has 1 aromatic carbocycles. The van der Waals surface area contributed by atoms with Gasteiger partial charge in [0.1, 0.15) is 5.82 Å². The number of fused-ring (bicyclic) bond motifs is 1. The SMILES string of the molecule is CCN1CCN(c2cc(C)c3cc(NC(=S)NCCCCN)ccc3n2)CC1. The second-order valence-corrected chi connectivity index (χ2v) is 7.74. The highest BCUT2D eigenvalue weighted by atomic mass is 32.1. The number of piperazine rings is 1. The van der Waals surface area contributed by atoms with Gasteiger partial charge in [-0.3, -0.25) is 0 Å². The maximum atomic E-state index is 5.52. The van der Waals surface area contributed by atoms with Crippen molar-refractivity contribution in [3.05, 3.63) is 29.8 Å². The van der Waals surface area contributed by atoms with E-state index in [-0.39, 0.29) is 0 Å². The number of benzene rings is 1. The van der Waals surface area contributed by atoms with Gasteiger partial charge in [0.15, 0.2) is 5.11 Å². The molecule has 1 aromatic heterocycles. The molecule has 28 heavy (non-hydrogen) atoms. The number of nitrogens with one attached hydrogen (secondary N) is 2. The van der Waals surface area contributed by atoms with Crippen LogP contribution in [0, 0.1) is 6.92 Å². The first-order chi connectivity index (χ1) is 13.6. The highest BCUT2D eigenvalue weighted by molar-refractivity contribution is 7.80. The maximum Gasteiger partial charge on any atom is 0.170 e. The summed E-state index contributed by atoms with van der Waals surface area (Å²) in [6.07, 6.45) is 2.03. The lowest BCUT2D eigenvalue weighted by Gasteiger charge is -2.35. The Balaban J connectivity index is 1.68. The van der Waals surface area contributed by atoms with Gasteiger partial charge in [-0.05, 0) is 74.9 Å². The molecule has 7 heteroatoms. The average Bonchev–Trinajstić information content (AvgIpc) is 2.71. The van der Waals surface area contributed by atoms with Crippen LogP contribution in [-0.2, 0) is 0 Å². The fourth-order valence-corrected chi connectivity index (χ4v) is 3.78. The Kier molecular flexibility index (Phi) is 7.42. The summed E-state index contributed by atoms with van der Waals surface area (Å²) in [5.41, 5.74) is 8.77. The van der Waals surface area contributed by atoms with Gasteiger partial charge in [0.25, 0.3) is 0 Å². The Hall–Kier alpha value is -1.96. The summed E-state index contributed by atoms with van der Waals surface area (Å²) in [6.45, 7) is 11.3. The molecular formula is C21H32N6S. The van der Waals surface area contributed by atoms with Crippen molar-refractivity contribution in [2.24, 2.45) is 5.73 Å². The van der Waals surface area contributed by atoms with Crippen molar-refractivity contribution in [3.63, 3.8) is 0 Å². The summed E-state index contributed by atoms with van der Waals surface area (Å²) in [5.74, 6) is 1.08. The van der Waals surface area contributed by atoms with Crippen molar-refractivity contribution in [1.82, 2.24) is 15.2 Å². The van der Waals surface area contributed by atoms with E-state index in [9.17, 15) is 0 Å². The first kappa shape index (κ1) is 20.8. The molecule has 152 valence electrons. The van der Waals surface area contributed by atoms with Crippen molar-refractivity contribution < 1.29 is 0 Å². The van der Waals surface area contributed by atoms with E-state index in [0.717, 1.165) is 81.1 Å². The van der Waals surface area contributed by atoms with Crippen LogP contribution in [-0.4, -0.2) is 60.8 Å². The third-order valence-electron chi connectivity index (χ3n) is 5.32. The fraction of sp³-hybridized carbons (Fsp3) is 0.524. The quantitative estimate of drug-likeness (QED) is 0.488. The monoisotopic (exact) mass is 400 g/mol. The van der Waals surface area contributed by atoms with Gasteiger partial charge >= 0.3 is 0 Å². The molecule has 1 aliphatic rings. The number of hydrogen-bond donors (Lipinski definition) is 3. The third-order valence-corrected chi connectivity index (χ3v) is 5.57. The summed E-state index contributed by atoms with van der Waals surface area (Å²) in [4.78, 5) is 9.80. The first-order valence-electron chi connectivity index (χ1n) is 10.2. The predicted octanol–water partition coefficient (Wildman–Crippen LogP) is 2.71. The van der Waals surface area contributed by atoms with E-state index in [1.54, 1.807) is 0 Å². The van der Waals surface area contributed by atoms with Crippen molar-refractivity contribution in [3.8, 4) is 0 Å². The van der Waals surface area contributed by atoms with Crippen molar-refractivity contribution >= 4 is 39.7 Å². The van der Waals surface area contributed by atoms with E-state index in [1.807, 2.05) is 6.07 Å². The third kappa shape index (κ3) is 5.31. The van der Waals surface area contributed by atoms with Gasteiger partial charge in [0.05, 0.1) is 5.52 Å². The molecule has 0 unspecified atom stereocenters. The molecule has 0 aliphatic carbocycles. The minimum absolute atomic E-state index is 0.646. The van der Waals surface area contributed by atoms with Crippen LogP contribution in [0.4, 0.5) is 11.5 Å². The Morgan fingerprint density at radius 3 is 2.68 bits per heavy atom. The van der Waals surface area contributed by atoms with E-state index in [0.29, 0.717) is 5.11 Å². The van der Waals surface area contributed by atoms with Crippen LogP contribution in [0.3, 0.4) is 0 Å². The molecule has 2 heterocycles. The summed E-state index contributed by atoms with van der Waals surface area (Å²) in [6, 6.07) is 8.45. The molecular weight excluding hydrogens is 368 g/mol. The minimum atomic E-state index is 0.646. The Morgan fingerprint density at radius 2 is 1.96 bits per heavy atom. The second-order valence-electron chi connectivity index (χ2n) is 7.33. The summed E-state index contributed by atoms with van der Waals surface area (Å²) >= 11 is 5.39. The van der Waals surface area contributed by atoms with Crippen molar-refractivity contribution in [1.29, 1.82) is 0 Å². The summed E-state index contributed by atoms with van der Waals surface area (Å²) < 4.78 is 0. The predicted molar refractivity (Wildman–Crippen MR) is 123 cm³/mol. The highest BCUT2D eigenvalue weighted by Gasteiger charge is 2.17. The fourth-order valence-electron chi connectivity index (χ4n) is 3.56. The van der Waals surface area contributed by atoms with E-state index in [4.69, 9.17) is 22.9 Å². The molecule has 1 aliphatic heterocycles. The Labute approximate surface area is 173 Å². The van der Waals surface area contributed by atoms with Crippen LogP contribution in [0.1, 0.15) is 25.3 Å². The number of aryl methyl sites for hydroxylation is 1. The molecule has 0 amide bonds. The van der Waals surface area contributed by atoms with Crippen LogP contribution >= 0.6 is 12.2 Å². The molecule has 1 fully saturated rings. The molecule has 0 bridgehead atoms. The molecule has 3 rings (SSSR count). The maximum absolute atomic E-state index is 5.52.